The highest BCUT2D eigenvalue weighted by Crippen LogP contribution is 2.29. The van der Waals surface area contributed by atoms with Gasteiger partial charge in [0.15, 0.2) is 0 Å². The van der Waals surface area contributed by atoms with Gasteiger partial charge in [-0.15, -0.1) is 0 Å². The van der Waals surface area contributed by atoms with E-state index >= 15 is 0 Å². The summed E-state index contributed by atoms with van der Waals surface area (Å²) in [6.07, 6.45) is -0.601. The van der Waals surface area contributed by atoms with Gasteiger partial charge < -0.3 is 25.6 Å². The number of benzene rings is 3. The van der Waals surface area contributed by atoms with E-state index in [-0.39, 0.29) is 30.0 Å². The molecule has 1 aliphatic rings. The maximum absolute atomic E-state index is 13.7. The van der Waals surface area contributed by atoms with Crippen molar-refractivity contribution in [3.8, 4) is 5.75 Å². The smallest absolute Gasteiger partial charge is 0.252 e. The summed E-state index contributed by atoms with van der Waals surface area (Å²) in [5, 5.41) is 14.8. The van der Waals surface area contributed by atoms with Crippen molar-refractivity contribution in [3.05, 3.63) is 89.5 Å². The molecule has 0 bridgehead atoms. The number of nitrogens with zero attached hydrogens (tertiary/aromatic N) is 1. The van der Waals surface area contributed by atoms with Gasteiger partial charge in [-0.1, -0.05) is 44.2 Å². The van der Waals surface area contributed by atoms with Crippen LogP contribution in [0, 0.1) is 12.8 Å². The molecule has 0 aliphatic carbocycles. The van der Waals surface area contributed by atoms with E-state index in [1.54, 1.807) is 31.2 Å². The minimum atomic E-state index is -3.98. The van der Waals surface area contributed by atoms with Gasteiger partial charge in [-0.25, -0.2) is 8.42 Å². The van der Waals surface area contributed by atoms with Gasteiger partial charge in [-0.3, -0.25) is 4.79 Å². The summed E-state index contributed by atoms with van der Waals surface area (Å²) in [7, 11) is -3.98. The number of aliphatic hydroxyl groups is 1. The third kappa shape index (κ3) is 7.49. The van der Waals surface area contributed by atoms with Crippen LogP contribution in [0.1, 0.15) is 48.7 Å². The summed E-state index contributed by atoms with van der Waals surface area (Å²) in [4.78, 5) is 13.8. The van der Waals surface area contributed by atoms with Crippen molar-refractivity contribution in [2.45, 2.75) is 56.8 Å². The van der Waals surface area contributed by atoms with Crippen LogP contribution in [-0.2, 0) is 20.3 Å². The van der Waals surface area contributed by atoms with Gasteiger partial charge in [0.1, 0.15) is 11.9 Å². The molecular formula is C32H41N3O6S. The Balaban J connectivity index is 1.65. The fraction of sp³-hybridized carbons (Fsp3) is 0.406. The lowest BCUT2D eigenvalue weighted by atomic mass is 9.85. The first-order valence-corrected chi connectivity index (χ1v) is 15.6. The van der Waals surface area contributed by atoms with E-state index in [1.807, 2.05) is 45.0 Å². The van der Waals surface area contributed by atoms with E-state index in [4.69, 9.17) is 15.2 Å². The standard InChI is InChI=1S/C32H41N3O6S/c1-22(2)19-35(42(38,39)29-12-10-26(33)11-13-29)20-30(36)32(4,25-8-6-5-7-9-25)34-31(37)24-16-23(3)17-28(18-24)41-27-14-15-40-21-27/h5-13,16-18,22,27,30,36H,14-15,19-21,33H2,1-4H3,(H,34,37)/t27?,30-,32+/m1/s1. The molecule has 0 saturated carbocycles. The van der Waals surface area contributed by atoms with Gasteiger partial charge in [-0.05, 0) is 73.4 Å². The van der Waals surface area contributed by atoms with E-state index in [0.29, 0.717) is 35.8 Å². The number of carbonyl (C=O) groups is 1. The molecule has 0 spiro atoms. The van der Waals surface area contributed by atoms with Crippen LogP contribution < -0.4 is 15.8 Å². The molecule has 9 nitrogen and oxygen atoms in total. The highest BCUT2D eigenvalue weighted by molar-refractivity contribution is 7.89. The average molecular weight is 596 g/mol. The summed E-state index contributed by atoms with van der Waals surface area (Å²) in [6.45, 7) is 8.46. The molecule has 0 aromatic heterocycles. The van der Waals surface area contributed by atoms with Gasteiger partial charge >= 0.3 is 0 Å². The number of anilines is 1. The van der Waals surface area contributed by atoms with Crippen LogP contribution in [0.25, 0.3) is 0 Å². The molecule has 0 radical (unpaired) electrons. The Morgan fingerprint density at radius 1 is 1.12 bits per heavy atom. The maximum atomic E-state index is 13.7. The monoisotopic (exact) mass is 595 g/mol. The molecule has 1 saturated heterocycles. The largest absolute Gasteiger partial charge is 0.488 e. The number of aryl methyl sites for hydroxylation is 1. The van der Waals surface area contributed by atoms with Crippen LogP contribution in [-0.4, -0.2) is 62.2 Å². The molecule has 3 aromatic rings. The topological polar surface area (TPSA) is 131 Å². The van der Waals surface area contributed by atoms with Crippen molar-refractivity contribution < 1.29 is 27.8 Å². The zero-order valence-corrected chi connectivity index (χ0v) is 25.4. The van der Waals surface area contributed by atoms with Crippen LogP contribution in [0.3, 0.4) is 0 Å². The third-order valence-corrected chi connectivity index (χ3v) is 9.23. The van der Waals surface area contributed by atoms with Crippen molar-refractivity contribution >= 4 is 21.6 Å². The van der Waals surface area contributed by atoms with Gasteiger partial charge in [0.2, 0.25) is 10.0 Å². The van der Waals surface area contributed by atoms with Crippen LogP contribution in [0.5, 0.6) is 5.75 Å². The lowest BCUT2D eigenvalue weighted by molar-refractivity contribution is 0.0440. The first-order valence-electron chi connectivity index (χ1n) is 14.2. The fourth-order valence-corrected chi connectivity index (χ4v) is 6.64. The SMILES string of the molecule is Cc1cc(OC2CCOC2)cc(C(=O)N[C@@](C)(c2ccccc2)[C@H](O)CN(CC(C)C)S(=O)(=O)c2ccc(N)cc2)c1. The third-order valence-electron chi connectivity index (χ3n) is 7.38. The molecule has 3 aromatic carbocycles. The minimum Gasteiger partial charge on any atom is -0.488 e. The molecule has 4 rings (SSSR count). The number of sulfonamides is 1. The van der Waals surface area contributed by atoms with Crippen LogP contribution >= 0.6 is 0 Å². The molecule has 1 aliphatic heterocycles. The number of nitrogens with one attached hydrogen (secondary N) is 1. The second kappa shape index (κ2) is 13.2. The number of nitrogen functional groups attached to an aromatic ring is 1. The Hall–Kier alpha value is -3.44. The van der Waals surface area contributed by atoms with Crippen LogP contribution in [0.15, 0.2) is 77.7 Å². The molecule has 10 heteroatoms. The zero-order chi connectivity index (χ0) is 30.5. The highest BCUT2D eigenvalue weighted by atomic mass is 32.2. The van der Waals surface area contributed by atoms with Crippen LogP contribution in [0.4, 0.5) is 5.69 Å². The van der Waals surface area contributed by atoms with E-state index in [9.17, 15) is 18.3 Å². The first-order chi connectivity index (χ1) is 19.9. The summed E-state index contributed by atoms with van der Waals surface area (Å²) in [5.74, 6) is 0.123. The second-order valence-electron chi connectivity index (χ2n) is 11.5. The highest BCUT2D eigenvalue weighted by Gasteiger charge is 2.40. The van der Waals surface area contributed by atoms with Crippen molar-refractivity contribution in [2.75, 3.05) is 32.0 Å². The summed E-state index contributed by atoms with van der Waals surface area (Å²) in [5.41, 5.74) is 6.73. The summed E-state index contributed by atoms with van der Waals surface area (Å²) < 4.78 is 40.1. The minimum absolute atomic E-state index is 0.0192. The van der Waals surface area contributed by atoms with Gasteiger partial charge in [0.25, 0.3) is 5.91 Å². The van der Waals surface area contributed by atoms with Crippen molar-refractivity contribution in [3.63, 3.8) is 0 Å². The van der Waals surface area contributed by atoms with Gasteiger partial charge in [-0.2, -0.15) is 4.31 Å². The molecule has 1 heterocycles. The molecule has 226 valence electrons. The molecule has 1 amide bonds. The lowest BCUT2D eigenvalue weighted by Crippen LogP contribution is -2.56. The predicted octanol–water partition coefficient (Wildman–Crippen LogP) is 4.10. The van der Waals surface area contributed by atoms with Crippen molar-refractivity contribution in [2.24, 2.45) is 5.92 Å². The number of aliphatic hydroxyl groups excluding tert-OH is 1. The number of nitrogens with two attached hydrogens (primary N) is 1. The molecule has 1 fully saturated rings. The number of rotatable bonds is 12. The van der Waals surface area contributed by atoms with Crippen LogP contribution in [0.2, 0.25) is 0 Å². The number of hydrogen-bond donors (Lipinski definition) is 3. The number of ether oxygens (including phenoxy) is 2. The molecule has 42 heavy (non-hydrogen) atoms. The van der Waals surface area contributed by atoms with E-state index in [2.05, 4.69) is 5.32 Å². The quantitative estimate of drug-likeness (QED) is 0.269. The molecular weight excluding hydrogens is 554 g/mol. The van der Waals surface area contributed by atoms with E-state index < -0.39 is 27.6 Å². The molecule has 4 N–H and O–H groups in total. The zero-order valence-electron chi connectivity index (χ0n) is 24.6. The normalized spacial score (nSPS) is 17.6. The summed E-state index contributed by atoms with van der Waals surface area (Å²) in [6, 6.07) is 20.3. The van der Waals surface area contributed by atoms with Gasteiger partial charge in [0, 0.05) is 30.8 Å². The lowest BCUT2D eigenvalue weighted by Gasteiger charge is -2.38. The Bertz CT molecular complexity index is 1460. The second-order valence-corrected chi connectivity index (χ2v) is 13.4. The number of hydrogen-bond acceptors (Lipinski definition) is 7. The van der Waals surface area contributed by atoms with Crippen molar-refractivity contribution in [1.29, 1.82) is 0 Å². The Kier molecular flexibility index (Phi) is 9.93. The number of carbonyl (C=O) groups excluding carboxylic acids is 1. The Morgan fingerprint density at radius 2 is 1.81 bits per heavy atom. The Labute approximate surface area is 248 Å². The molecule has 3 atom stereocenters. The first kappa shape index (κ1) is 31.5. The van der Waals surface area contributed by atoms with Crippen molar-refractivity contribution in [1.82, 2.24) is 9.62 Å². The van der Waals surface area contributed by atoms with Gasteiger partial charge in [0.05, 0.1) is 29.8 Å². The Morgan fingerprint density at radius 3 is 2.43 bits per heavy atom. The fourth-order valence-electron chi connectivity index (χ4n) is 5.03. The summed E-state index contributed by atoms with van der Waals surface area (Å²) >= 11 is 0. The average Bonchev–Trinajstić information content (AvgIpc) is 3.45. The number of amides is 1. The van der Waals surface area contributed by atoms with E-state index in [1.165, 1.54) is 28.6 Å². The maximum Gasteiger partial charge on any atom is 0.252 e. The predicted molar refractivity (Wildman–Crippen MR) is 163 cm³/mol. The molecule has 1 unspecified atom stereocenters. The van der Waals surface area contributed by atoms with E-state index in [0.717, 1.165) is 12.0 Å².